The van der Waals surface area contributed by atoms with Gasteiger partial charge in [-0.2, -0.15) is 5.10 Å². The summed E-state index contributed by atoms with van der Waals surface area (Å²) in [6.07, 6.45) is 10.9. The number of piperazine rings is 2. The van der Waals surface area contributed by atoms with Gasteiger partial charge in [0.25, 0.3) is 17.4 Å². The van der Waals surface area contributed by atoms with Crippen molar-refractivity contribution in [3.8, 4) is 0 Å². The van der Waals surface area contributed by atoms with Gasteiger partial charge in [-0.05, 0) is 117 Å². The Hall–Kier alpha value is -6.89. The van der Waals surface area contributed by atoms with Crippen molar-refractivity contribution in [3.05, 3.63) is 141 Å². The van der Waals surface area contributed by atoms with Crippen LogP contribution in [0.4, 0.5) is 4.39 Å². The number of nitrogens with one attached hydrogen (secondary N) is 3. The Labute approximate surface area is 455 Å². The molecule has 3 N–H and O–H groups in total. The molecule has 0 spiro atoms. The Kier molecular flexibility index (Phi) is 18.0. The number of hydrogen-bond donors (Lipinski definition) is 3. The number of likely N-dealkylation sites (tertiary alicyclic amines) is 2. The summed E-state index contributed by atoms with van der Waals surface area (Å²) in [5, 5.41) is 14.5. The highest BCUT2D eigenvalue weighted by Gasteiger charge is 2.37. The first-order chi connectivity index (χ1) is 38.0. The highest BCUT2D eigenvalue weighted by molar-refractivity contribution is 5.98. The number of hydrogen-bond acceptors (Lipinski definition) is 11. The summed E-state index contributed by atoms with van der Waals surface area (Å²) in [5.74, 6) is -0.445. The first kappa shape index (κ1) is 54.5. The lowest BCUT2D eigenvalue weighted by atomic mass is 9.83. The summed E-state index contributed by atoms with van der Waals surface area (Å²) in [7, 11) is 0. The zero-order valence-corrected chi connectivity index (χ0v) is 44.8. The number of H-pyrrole nitrogens is 1. The van der Waals surface area contributed by atoms with E-state index in [4.69, 9.17) is 0 Å². The van der Waals surface area contributed by atoms with E-state index in [0.717, 1.165) is 102 Å². The molecule has 412 valence electrons. The predicted octanol–water partition coefficient (Wildman–Crippen LogP) is 5.06. The number of piperidine rings is 2. The third kappa shape index (κ3) is 13.5. The highest BCUT2D eigenvalue weighted by atomic mass is 19.1. The van der Waals surface area contributed by atoms with E-state index in [2.05, 4.69) is 35.6 Å². The molecule has 5 aliphatic rings. The largest absolute Gasteiger partial charge is 0.341 e. The molecule has 2 aromatic heterocycles. The van der Waals surface area contributed by atoms with Gasteiger partial charge in [0.1, 0.15) is 11.9 Å². The second kappa shape index (κ2) is 25.7. The van der Waals surface area contributed by atoms with Gasteiger partial charge in [0.05, 0.1) is 35.4 Å². The van der Waals surface area contributed by atoms with E-state index >= 15 is 4.39 Å². The summed E-state index contributed by atoms with van der Waals surface area (Å²) in [6, 6.07) is 24.6. The average molecular weight is 1060 g/mol. The number of fused-ring (bicyclic) bond motifs is 1. The number of carbonyl (C=O) groups excluding carboxylic acids is 5. The lowest BCUT2D eigenvalue weighted by Crippen LogP contribution is -2.57. The van der Waals surface area contributed by atoms with Crippen molar-refractivity contribution in [1.29, 1.82) is 0 Å². The molecule has 18 heteroatoms. The fraction of sp³-hybridized carbons (Fsp3) is 0.500. The molecule has 1 unspecified atom stereocenters. The summed E-state index contributed by atoms with van der Waals surface area (Å²) < 4.78 is 15.1. The van der Waals surface area contributed by atoms with Crippen molar-refractivity contribution in [2.24, 2.45) is 11.8 Å². The third-order valence-corrected chi connectivity index (χ3v) is 17.0. The van der Waals surface area contributed by atoms with E-state index in [-0.39, 0.29) is 53.1 Å². The third-order valence-electron chi connectivity index (χ3n) is 17.0. The first-order valence-electron chi connectivity index (χ1n) is 28.4. The standard InChI is InChI=1S/C60H74FN11O6/c61-52-19-18-43(35-53-49-16-4-5-17-50(49)58(76)66-65-53)34-51(52)59(77)70-32-30-69(31-33-70)55(74)41-67-24-20-42(21-25-67)39-68-26-28-71(29-27-68)60(78)56(44-10-2-1-3-11-44)64-57(75)46-13-8-12-45(36-46)47-14-9-23-72(40-47)54(73)38-62-37-48-15-6-7-22-63-48/h4-8,12-13,15-19,22,34,36,42,44,47,56,62H,1-3,9-11,14,20-21,23-33,35,37-41H2,(H,64,75)(H,66,76)/t47?,56-/m1/s1. The van der Waals surface area contributed by atoms with Crippen molar-refractivity contribution in [1.82, 2.24) is 55.2 Å². The monoisotopic (exact) mass is 1060 g/mol. The van der Waals surface area contributed by atoms with Gasteiger partial charge in [0, 0.05) is 108 Å². The zero-order chi connectivity index (χ0) is 54.0. The molecule has 78 heavy (non-hydrogen) atoms. The van der Waals surface area contributed by atoms with Gasteiger partial charge in [-0.1, -0.05) is 61.7 Å². The number of carbonyl (C=O) groups is 5. The Morgan fingerprint density at radius 2 is 1.42 bits per heavy atom. The molecule has 2 atom stereocenters. The highest BCUT2D eigenvalue weighted by Crippen LogP contribution is 2.31. The predicted molar refractivity (Wildman–Crippen MR) is 295 cm³/mol. The minimum absolute atomic E-state index is 0.0152. The fourth-order valence-corrected chi connectivity index (χ4v) is 12.4. The number of benzene rings is 3. The second-order valence-corrected chi connectivity index (χ2v) is 22.1. The van der Waals surface area contributed by atoms with Gasteiger partial charge in [0.15, 0.2) is 0 Å². The van der Waals surface area contributed by atoms with Crippen LogP contribution in [-0.4, -0.2) is 178 Å². The molecule has 17 nitrogen and oxygen atoms in total. The number of nitrogens with zero attached hydrogens (tertiary/aromatic N) is 8. The summed E-state index contributed by atoms with van der Waals surface area (Å²) in [4.78, 5) is 97.6. The van der Waals surface area contributed by atoms with Crippen LogP contribution >= 0.6 is 0 Å². The minimum Gasteiger partial charge on any atom is -0.341 e. The molecule has 5 aromatic rings. The Bertz CT molecular complexity index is 2960. The van der Waals surface area contributed by atoms with Crippen LogP contribution in [0.5, 0.6) is 0 Å². The van der Waals surface area contributed by atoms with Crippen LogP contribution in [0.25, 0.3) is 10.8 Å². The van der Waals surface area contributed by atoms with Crippen molar-refractivity contribution in [3.63, 3.8) is 0 Å². The van der Waals surface area contributed by atoms with Gasteiger partial charge in [-0.25, -0.2) is 9.49 Å². The SMILES string of the molecule is O=C(N[C@@H](C(=O)N1CCN(CC2CCN(CC(=O)N3CCN(C(=O)c4cc(Cc5n[nH]c(=O)c6ccccc56)ccc4F)CC3)CC2)CC1)C1CCCCC1)c1cccc(C2CCCN(C(=O)CNCc3ccccn3)C2)c1. The first-order valence-corrected chi connectivity index (χ1v) is 28.4. The van der Waals surface area contributed by atoms with E-state index in [1.165, 1.54) is 6.07 Å². The Balaban J connectivity index is 0.651. The quantitative estimate of drug-likeness (QED) is 0.120. The smallest absolute Gasteiger partial charge is 0.272 e. The maximum absolute atomic E-state index is 15.1. The number of pyridine rings is 1. The van der Waals surface area contributed by atoms with E-state index in [0.29, 0.717) is 105 Å². The lowest BCUT2D eigenvalue weighted by molar-refractivity contribution is -0.137. The summed E-state index contributed by atoms with van der Waals surface area (Å²) in [5.41, 5.74) is 3.47. The normalized spacial score (nSPS) is 19.7. The number of aromatic nitrogens is 3. The van der Waals surface area contributed by atoms with Crippen LogP contribution in [0, 0.1) is 17.7 Å². The molecule has 4 saturated heterocycles. The lowest BCUT2D eigenvalue weighted by Gasteiger charge is -2.41. The maximum Gasteiger partial charge on any atom is 0.272 e. The number of rotatable bonds is 16. The Morgan fingerprint density at radius 3 is 2.19 bits per heavy atom. The van der Waals surface area contributed by atoms with E-state index in [9.17, 15) is 28.8 Å². The summed E-state index contributed by atoms with van der Waals surface area (Å²) in [6.45, 7) is 9.15. The van der Waals surface area contributed by atoms with E-state index in [1.54, 1.807) is 40.3 Å². The number of amides is 5. The fourth-order valence-electron chi connectivity index (χ4n) is 12.4. The van der Waals surface area contributed by atoms with E-state index < -0.39 is 17.8 Å². The van der Waals surface area contributed by atoms with Crippen LogP contribution in [0.1, 0.15) is 107 Å². The van der Waals surface area contributed by atoms with Crippen molar-refractivity contribution < 1.29 is 28.4 Å². The number of halogens is 1. The molecular formula is C60H74FN11O6. The molecule has 10 rings (SSSR count). The zero-order valence-electron chi connectivity index (χ0n) is 44.8. The molecular weight excluding hydrogens is 990 g/mol. The van der Waals surface area contributed by atoms with Crippen molar-refractivity contribution in [2.45, 2.75) is 82.7 Å². The van der Waals surface area contributed by atoms with Crippen LogP contribution in [0.2, 0.25) is 0 Å². The summed E-state index contributed by atoms with van der Waals surface area (Å²) >= 11 is 0. The molecule has 0 bridgehead atoms. The molecule has 0 radical (unpaired) electrons. The molecule has 1 saturated carbocycles. The van der Waals surface area contributed by atoms with Crippen molar-refractivity contribution >= 4 is 40.3 Å². The van der Waals surface area contributed by atoms with Crippen LogP contribution in [0.3, 0.4) is 0 Å². The van der Waals surface area contributed by atoms with Crippen molar-refractivity contribution in [2.75, 3.05) is 98.2 Å². The minimum atomic E-state index is -0.607. The topological polar surface area (TPSA) is 187 Å². The molecule has 5 fully saturated rings. The molecule has 5 amide bonds. The van der Waals surface area contributed by atoms with Gasteiger partial charge in [-0.3, -0.25) is 43.6 Å². The van der Waals surface area contributed by atoms with Gasteiger partial charge < -0.3 is 30.2 Å². The van der Waals surface area contributed by atoms with E-state index in [1.807, 2.05) is 64.4 Å². The number of aromatic amines is 1. The molecule has 1 aliphatic carbocycles. The Morgan fingerprint density at radius 1 is 0.679 bits per heavy atom. The molecule has 3 aromatic carbocycles. The van der Waals surface area contributed by atoms with Gasteiger partial charge >= 0.3 is 0 Å². The second-order valence-electron chi connectivity index (χ2n) is 22.1. The average Bonchev–Trinajstić information content (AvgIpc) is 3.50. The van der Waals surface area contributed by atoms with Crippen LogP contribution in [-0.2, 0) is 27.3 Å². The van der Waals surface area contributed by atoms with Crippen LogP contribution in [0.15, 0.2) is 95.9 Å². The molecule has 4 aliphatic heterocycles. The van der Waals surface area contributed by atoms with Crippen LogP contribution < -0.4 is 16.2 Å². The van der Waals surface area contributed by atoms with Gasteiger partial charge in [0.2, 0.25) is 17.7 Å². The van der Waals surface area contributed by atoms with Gasteiger partial charge in [-0.15, -0.1) is 0 Å². The molecule has 6 heterocycles. The maximum atomic E-state index is 15.1.